The van der Waals surface area contributed by atoms with E-state index in [0.717, 1.165) is 51.9 Å². The van der Waals surface area contributed by atoms with Crippen LogP contribution in [0.1, 0.15) is 19.3 Å². The minimum Gasteiger partial charge on any atom is -0.379 e. The van der Waals surface area contributed by atoms with E-state index in [1.807, 2.05) is 0 Å². The number of nitrogens with zero attached hydrogens (tertiary/aromatic N) is 3. The molecule has 3 aliphatic rings. The van der Waals surface area contributed by atoms with Gasteiger partial charge in [-0.25, -0.2) is 0 Å². The van der Waals surface area contributed by atoms with E-state index in [1.165, 1.54) is 19.3 Å². The highest BCUT2D eigenvalue weighted by atomic mass is 16.5. The second-order valence-corrected chi connectivity index (χ2v) is 5.66. The van der Waals surface area contributed by atoms with E-state index in [1.54, 1.807) is 0 Å². The number of ether oxygens (including phenoxy) is 1. The van der Waals surface area contributed by atoms with E-state index < -0.39 is 0 Å². The molecule has 1 aliphatic carbocycles. The first-order valence-corrected chi connectivity index (χ1v) is 7.12. The predicted octanol–water partition coefficient (Wildman–Crippen LogP) is 0.132. The summed E-state index contributed by atoms with van der Waals surface area (Å²) in [6, 6.07) is 0. The Kier molecular flexibility index (Phi) is 3.43. The number of hydrogen-bond acceptors (Lipinski definition) is 5. The summed E-state index contributed by atoms with van der Waals surface area (Å²) < 4.78 is 5.44. The molecule has 0 spiro atoms. The Labute approximate surface area is 109 Å². The second kappa shape index (κ2) is 5.05. The first kappa shape index (κ1) is 12.2. The van der Waals surface area contributed by atoms with Crippen molar-refractivity contribution in [3.05, 3.63) is 0 Å². The lowest BCUT2D eigenvalue weighted by Gasteiger charge is -2.36. The Morgan fingerprint density at radius 3 is 2.72 bits per heavy atom. The van der Waals surface area contributed by atoms with Crippen LogP contribution >= 0.6 is 0 Å². The van der Waals surface area contributed by atoms with E-state index >= 15 is 0 Å². The first-order valence-electron chi connectivity index (χ1n) is 7.12. The number of nitrogens with one attached hydrogen (secondary N) is 1. The molecule has 2 fully saturated rings. The Bertz CT molecular complexity index is 321. The monoisotopic (exact) mass is 252 g/mol. The molecule has 0 aromatic rings. The van der Waals surface area contributed by atoms with Gasteiger partial charge in [-0.3, -0.25) is 9.89 Å². The molecule has 0 atom stereocenters. The maximum atomic E-state index is 5.44. The summed E-state index contributed by atoms with van der Waals surface area (Å²) in [4.78, 5) is 9.41. The average Bonchev–Trinajstić information content (AvgIpc) is 3.20. The summed E-state index contributed by atoms with van der Waals surface area (Å²) >= 11 is 0. The molecule has 2 aliphatic heterocycles. The summed E-state index contributed by atoms with van der Waals surface area (Å²) in [5, 5.41) is 3.56. The van der Waals surface area contributed by atoms with Crippen LogP contribution in [-0.4, -0.2) is 74.3 Å². The van der Waals surface area contributed by atoms with Crippen LogP contribution in [0.15, 0.2) is 4.99 Å². The third-order valence-corrected chi connectivity index (χ3v) is 4.36. The van der Waals surface area contributed by atoms with E-state index in [0.29, 0.717) is 5.54 Å². The Balaban J connectivity index is 1.54. The van der Waals surface area contributed by atoms with Crippen molar-refractivity contribution < 1.29 is 4.74 Å². The quantitative estimate of drug-likeness (QED) is 0.775. The van der Waals surface area contributed by atoms with Gasteiger partial charge in [0.05, 0.1) is 13.2 Å². The van der Waals surface area contributed by atoms with Crippen molar-refractivity contribution in [3.8, 4) is 0 Å². The zero-order chi connectivity index (χ0) is 12.4. The van der Waals surface area contributed by atoms with Crippen molar-refractivity contribution in [1.82, 2.24) is 15.1 Å². The lowest BCUT2D eigenvalue weighted by Crippen LogP contribution is -2.53. The van der Waals surface area contributed by atoms with Gasteiger partial charge >= 0.3 is 0 Å². The molecule has 3 rings (SSSR count). The van der Waals surface area contributed by atoms with Crippen LogP contribution in [0.4, 0.5) is 0 Å². The first-order chi connectivity index (χ1) is 8.80. The van der Waals surface area contributed by atoms with Gasteiger partial charge in [-0.15, -0.1) is 0 Å². The van der Waals surface area contributed by atoms with Gasteiger partial charge in [0, 0.05) is 45.3 Å². The summed E-state index contributed by atoms with van der Waals surface area (Å²) in [5.41, 5.74) is 0.393. The van der Waals surface area contributed by atoms with Crippen molar-refractivity contribution in [3.63, 3.8) is 0 Å². The molecule has 0 unspecified atom stereocenters. The van der Waals surface area contributed by atoms with Crippen molar-refractivity contribution in [2.45, 2.75) is 24.8 Å². The van der Waals surface area contributed by atoms with E-state index in [-0.39, 0.29) is 0 Å². The zero-order valence-corrected chi connectivity index (χ0v) is 11.3. The number of rotatable bonds is 3. The van der Waals surface area contributed by atoms with Gasteiger partial charge in [0.25, 0.3) is 0 Å². The van der Waals surface area contributed by atoms with Gasteiger partial charge < -0.3 is 15.0 Å². The average molecular weight is 252 g/mol. The fourth-order valence-electron chi connectivity index (χ4n) is 2.94. The van der Waals surface area contributed by atoms with E-state index in [9.17, 15) is 0 Å². The third-order valence-electron chi connectivity index (χ3n) is 4.36. The molecule has 1 saturated carbocycles. The molecule has 0 amide bonds. The second-order valence-electron chi connectivity index (χ2n) is 5.66. The highest BCUT2D eigenvalue weighted by molar-refractivity contribution is 5.80. The van der Waals surface area contributed by atoms with Crippen LogP contribution in [0.3, 0.4) is 0 Å². The van der Waals surface area contributed by atoms with Gasteiger partial charge in [-0.1, -0.05) is 0 Å². The van der Waals surface area contributed by atoms with Gasteiger partial charge in [-0.2, -0.15) is 0 Å². The summed E-state index contributed by atoms with van der Waals surface area (Å²) in [7, 11) is 2.12. The third kappa shape index (κ3) is 2.47. The molecule has 0 bridgehead atoms. The smallest absolute Gasteiger partial charge is 0.193 e. The van der Waals surface area contributed by atoms with E-state index in [2.05, 4.69) is 27.2 Å². The minimum absolute atomic E-state index is 0.393. The molecular weight excluding hydrogens is 228 g/mol. The molecule has 5 nitrogen and oxygen atoms in total. The lowest BCUT2D eigenvalue weighted by molar-refractivity contribution is 0.0105. The van der Waals surface area contributed by atoms with Gasteiger partial charge in [0.2, 0.25) is 0 Å². The topological polar surface area (TPSA) is 40.1 Å². The van der Waals surface area contributed by atoms with Crippen LogP contribution in [0.25, 0.3) is 0 Å². The number of guanidine groups is 1. The number of hydrogen-bond donors (Lipinski definition) is 1. The van der Waals surface area contributed by atoms with Crippen LogP contribution in [0.2, 0.25) is 0 Å². The fraction of sp³-hybridized carbons (Fsp3) is 0.923. The van der Waals surface area contributed by atoms with Crippen LogP contribution in [0.5, 0.6) is 0 Å². The van der Waals surface area contributed by atoms with Gasteiger partial charge in [0.15, 0.2) is 5.96 Å². The number of morpholine rings is 1. The molecule has 18 heavy (non-hydrogen) atoms. The fourth-order valence-corrected chi connectivity index (χ4v) is 2.94. The van der Waals surface area contributed by atoms with Crippen molar-refractivity contribution >= 4 is 5.96 Å². The van der Waals surface area contributed by atoms with Gasteiger partial charge in [-0.05, 0) is 19.3 Å². The molecular formula is C13H24N4O. The highest BCUT2D eigenvalue weighted by Gasteiger charge is 2.48. The van der Waals surface area contributed by atoms with Crippen molar-refractivity contribution in [2.24, 2.45) is 4.99 Å². The maximum Gasteiger partial charge on any atom is 0.193 e. The summed E-state index contributed by atoms with van der Waals surface area (Å²) in [6.07, 6.45) is 3.81. The Hall–Kier alpha value is -0.810. The molecule has 0 radical (unpaired) electrons. The molecule has 1 N–H and O–H groups in total. The van der Waals surface area contributed by atoms with Crippen molar-refractivity contribution in [1.29, 1.82) is 0 Å². The molecule has 102 valence electrons. The largest absolute Gasteiger partial charge is 0.379 e. The molecule has 0 aromatic carbocycles. The molecule has 2 heterocycles. The normalized spacial score (nSPS) is 27.8. The van der Waals surface area contributed by atoms with Crippen LogP contribution < -0.4 is 5.32 Å². The lowest BCUT2D eigenvalue weighted by atomic mass is 10.2. The maximum absolute atomic E-state index is 5.44. The van der Waals surface area contributed by atoms with E-state index in [4.69, 9.17) is 4.74 Å². The molecule has 5 heteroatoms. The van der Waals surface area contributed by atoms with Crippen LogP contribution in [0, 0.1) is 0 Å². The Morgan fingerprint density at radius 2 is 2.06 bits per heavy atom. The molecule has 0 aromatic heterocycles. The SMILES string of the molecule is CN1CCCN=C1NCC1(N2CCOCC2)CC1. The van der Waals surface area contributed by atoms with Crippen molar-refractivity contribution in [2.75, 3.05) is 53.0 Å². The molecule has 1 saturated heterocycles. The minimum atomic E-state index is 0.393. The number of aliphatic imine (C=N–C) groups is 1. The predicted molar refractivity (Wildman–Crippen MR) is 71.9 cm³/mol. The summed E-state index contributed by atoms with van der Waals surface area (Å²) in [6.45, 7) is 7.09. The van der Waals surface area contributed by atoms with Gasteiger partial charge in [0.1, 0.15) is 0 Å². The van der Waals surface area contributed by atoms with Crippen LogP contribution in [-0.2, 0) is 4.74 Å². The zero-order valence-electron chi connectivity index (χ0n) is 11.3. The Morgan fingerprint density at radius 1 is 1.28 bits per heavy atom. The summed E-state index contributed by atoms with van der Waals surface area (Å²) in [5.74, 6) is 1.08. The highest BCUT2D eigenvalue weighted by Crippen LogP contribution is 2.41. The standard InChI is InChI=1S/C13H24N4O/c1-16-6-2-5-14-12(16)15-11-13(3-4-13)17-7-9-18-10-8-17/h2-11H2,1H3,(H,14,15).